The van der Waals surface area contributed by atoms with Crippen molar-refractivity contribution in [3.05, 3.63) is 53.7 Å². The van der Waals surface area contributed by atoms with E-state index in [2.05, 4.69) is 4.98 Å². The largest absolute Gasteiger partial charge is 0.470 e. The zero-order valence-corrected chi connectivity index (χ0v) is 14.2. The summed E-state index contributed by atoms with van der Waals surface area (Å²) in [5.74, 6) is -0.933. The van der Waals surface area contributed by atoms with Gasteiger partial charge in [0.1, 0.15) is 17.4 Å². The summed E-state index contributed by atoms with van der Waals surface area (Å²) in [6.45, 7) is 1.57. The first-order valence-electron chi connectivity index (χ1n) is 8.00. The minimum Gasteiger partial charge on any atom is -0.470 e. The van der Waals surface area contributed by atoms with Gasteiger partial charge in [-0.15, -0.1) is 0 Å². The lowest BCUT2D eigenvalue weighted by Crippen LogP contribution is -2.56. The van der Waals surface area contributed by atoms with Crippen LogP contribution in [-0.2, 0) is 11.0 Å². The van der Waals surface area contributed by atoms with Gasteiger partial charge in [-0.05, 0) is 36.4 Å². The molecule has 3 rings (SSSR count). The Morgan fingerprint density at radius 1 is 1.15 bits per heavy atom. The lowest BCUT2D eigenvalue weighted by atomic mass is 10.1. The molecule has 27 heavy (non-hydrogen) atoms. The molecule has 2 heterocycles. The van der Waals surface area contributed by atoms with Crippen LogP contribution in [0.15, 0.2) is 42.6 Å². The fraction of sp³-hybridized carbons (Fsp3) is 0.278. The van der Waals surface area contributed by atoms with E-state index in [-0.39, 0.29) is 19.0 Å². The predicted molar refractivity (Wildman–Crippen MR) is 87.3 cm³/mol. The molecule has 1 aromatic carbocycles. The number of hydrogen-bond acceptors (Lipinski definition) is 5. The van der Waals surface area contributed by atoms with Gasteiger partial charge in [0.05, 0.1) is 13.1 Å². The molecule has 1 aromatic heterocycles. The van der Waals surface area contributed by atoms with Crippen LogP contribution in [0.2, 0.25) is 0 Å². The minimum absolute atomic E-state index is 0.151. The van der Waals surface area contributed by atoms with Gasteiger partial charge >= 0.3 is 12.1 Å². The van der Waals surface area contributed by atoms with Crippen LogP contribution >= 0.6 is 0 Å². The van der Waals surface area contributed by atoms with Crippen LogP contribution < -0.4 is 9.47 Å². The van der Waals surface area contributed by atoms with Gasteiger partial charge in [-0.25, -0.2) is 4.98 Å². The van der Waals surface area contributed by atoms with Crippen molar-refractivity contribution >= 4 is 11.9 Å². The molecule has 142 valence electrons. The molecule has 0 atom stereocenters. The molecule has 0 spiro atoms. The second kappa shape index (κ2) is 7.26. The van der Waals surface area contributed by atoms with Crippen molar-refractivity contribution in [2.75, 3.05) is 13.1 Å². The molecule has 0 radical (unpaired) electrons. The Balaban J connectivity index is 1.58. The topological polar surface area (TPSA) is 68.7 Å². The van der Waals surface area contributed by atoms with Gasteiger partial charge in [-0.1, -0.05) is 0 Å². The van der Waals surface area contributed by atoms with Crippen LogP contribution in [0.25, 0.3) is 0 Å². The van der Waals surface area contributed by atoms with E-state index in [4.69, 9.17) is 9.47 Å². The molecule has 0 N–H and O–H groups in total. The standard InChI is InChI=1S/C18H15F3N2O4/c1-11(24)26-13-6-4-12(5-7-13)17(25)23-9-14(10-23)27-16-15(18(19,20)21)3-2-8-22-16/h2-8,14H,9-10H2,1H3. The maximum Gasteiger partial charge on any atom is 0.421 e. The number of esters is 1. The van der Waals surface area contributed by atoms with Crippen LogP contribution in [0.3, 0.4) is 0 Å². The van der Waals surface area contributed by atoms with Gasteiger partial charge in [-0.2, -0.15) is 13.2 Å². The van der Waals surface area contributed by atoms with E-state index >= 15 is 0 Å². The van der Waals surface area contributed by atoms with E-state index in [1.807, 2.05) is 0 Å². The SMILES string of the molecule is CC(=O)Oc1ccc(C(=O)N2CC(Oc3ncccc3C(F)(F)F)C2)cc1. The number of benzene rings is 1. The van der Waals surface area contributed by atoms with Crippen LogP contribution in [0.1, 0.15) is 22.8 Å². The van der Waals surface area contributed by atoms with E-state index in [1.165, 1.54) is 48.4 Å². The van der Waals surface area contributed by atoms with Crippen molar-refractivity contribution < 1.29 is 32.2 Å². The molecule has 0 unspecified atom stereocenters. The van der Waals surface area contributed by atoms with Crippen molar-refractivity contribution in [1.29, 1.82) is 0 Å². The molecule has 6 nitrogen and oxygen atoms in total. The monoisotopic (exact) mass is 380 g/mol. The molecule has 1 fully saturated rings. The summed E-state index contributed by atoms with van der Waals surface area (Å²) in [6, 6.07) is 8.09. The number of halogens is 3. The van der Waals surface area contributed by atoms with Crippen LogP contribution in [-0.4, -0.2) is 41.0 Å². The fourth-order valence-corrected chi connectivity index (χ4v) is 2.55. The van der Waals surface area contributed by atoms with Crippen molar-refractivity contribution in [3.8, 4) is 11.6 Å². The number of pyridine rings is 1. The Hall–Kier alpha value is -3.10. The second-order valence-corrected chi connectivity index (χ2v) is 5.92. The number of aromatic nitrogens is 1. The number of likely N-dealkylation sites (tertiary alicyclic amines) is 1. The summed E-state index contributed by atoms with van der Waals surface area (Å²) in [7, 11) is 0. The molecule has 0 aliphatic carbocycles. The Labute approximate surface area is 152 Å². The van der Waals surface area contributed by atoms with E-state index in [0.717, 1.165) is 6.07 Å². The number of hydrogen-bond donors (Lipinski definition) is 0. The van der Waals surface area contributed by atoms with Gasteiger partial charge in [-0.3, -0.25) is 9.59 Å². The summed E-state index contributed by atoms with van der Waals surface area (Å²) >= 11 is 0. The molecular weight excluding hydrogens is 365 g/mol. The summed E-state index contributed by atoms with van der Waals surface area (Å²) in [5.41, 5.74) is -0.575. The molecule has 1 aliphatic rings. The van der Waals surface area contributed by atoms with E-state index in [0.29, 0.717) is 11.3 Å². The van der Waals surface area contributed by atoms with E-state index in [1.54, 1.807) is 0 Å². The maximum absolute atomic E-state index is 12.9. The number of carbonyl (C=O) groups is 2. The molecule has 1 amide bonds. The number of carbonyl (C=O) groups excluding carboxylic acids is 2. The summed E-state index contributed by atoms with van der Waals surface area (Å²) in [4.78, 5) is 28.3. The number of nitrogens with zero attached hydrogens (tertiary/aromatic N) is 2. The van der Waals surface area contributed by atoms with E-state index in [9.17, 15) is 22.8 Å². The zero-order chi connectivity index (χ0) is 19.6. The molecule has 1 saturated heterocycles. The molecule has 1 aliphatic heterocycles. The van der Waals surface area contributed by atoms with Crippen molar-refractivity contribution in [2.24, 2.45) is 0 Å². The Kier molecular flexibility index (Phi) is 5.02. The molecular formula is C18H15F3N2O4. The third kappa shape index (κ3) is 4.36. The van der Waals surface area contributed by atoms with Crippen molar-refractivity contribution in [3.63, 3.8) is 0 Å². The first-order chi connectivity index (χ1) is 12.7. The highest BCUT2D eigenvalue weighted by atomic mass is 19.4. The van der Waals surface area contributed by atoms with Crippen LogP contribution in [0, 0.1) is 0 Å². The van der Waals surface area contributed by atoms with Crippen molar-refractivity contribution in [2.45, 2.75) is 19.2 Å². The Morgan fingerprint density at radius 3 is 2.41 bits per heavy atom. The Morgan fingerprint density at radius 2 is 1.81 bits per heavy atom. The third-order valence-electron chi connectivity index (χ3n) is 3.85. The van der Waals surface area contributed by atoms with Gasteiger partial charge in [0.25, 0.3) is 5.91 Å². The quantitative estimate of drug-likeness (QED) is 0.603. The van der Waals surface area contributed by atoms with Gasteiger partial charge in [0.15, 0.2) is 0 Å². The highest BCUT2D eigenvalue weighted by molar-refractivity contribution is 5.95. The predicted octanol–water partition coefficient (Wildman–Crippen LogP) is 2.93. The molecule has 9 heteroatoms. The number of rotatable bonds is 4. The summed E-state index contributed by atoms with van der Waals surface area (Å²) in [6.07, 6.45) is -3.91. The highest BCUT2D eigenvalue weighted by Gasteiger charge is 2.38. The molecule has 2 aromatic rings. The lowest BCUT2D eigenvalue weighted by Gasteiger charge is -2.39. The Bertz CT molecular complexity index is 846. The lowest BCUT2D eigenvalue weighted by molar-refractivity contribution is -0.140. The maximum atomic E-state index is 12.9. The van der Waals surface area contributed by atoms with Crippen LogP contribution in [0.5, 0.6) is 11.6 Å². The normalized spacial score (nSPS) is 14.4. The fourth-order valence-electron chi connectivity index (χ4n) is 2.55. The molecule has 0 saturated carbocycles. The van der Waals surface area contributed by atoms with Gasteiger partial charge in [0.2, 0.25) is 5.88 Å². The van der Waals surface area contributed by atoms with Gasteiger partial charge in [0, 0.05) is 18.7 Å². The van der Waals surface area contributed by atoms with E-state index < -0.39 is 29.7 Å². The first kappa shape index (κ1) is 18.7. The van der Waals surface area contributed by atoms with Crippen LogP contribution in [0.4, 0.5) is 13.2 Å². The number of amides is 1. The number of ether oxygens (including phenoxy) is 2. The minimum atomic E-state index is -4.56. The number of alkyl halides is 3. The molecule has 0 bridgehead atoms. The first-order valence-corrected chi connectivity index (χ1v) is 8.00. The summed E-state index contributed by atoms with van der Waals surface area (Å²) < 4.78 is 49.0. The second-order valence-electron chi connectivity index (χ2n) is 5.92. The van der Waals surface area contributed by atoms with Gasteiger partial charge < -0.3 is 14.4 Å². The average Bonchev–Trinajstić information content (AvgIpc) is 2.57. The zero-order valence-electron chi connectivity index (χ0n) is 14.2. The van der Waals surface area contributed by atoms with Crippen molar-refractivity contribution in [1.82, 2.24) is 9.88 Å². The smallest absolute Gasteiger partial charge is 0.421 e. The third-order valence-corrected chi connectivity index (χ3v) is 3.85. The highest BCUT2D eigenvalue weighted by Crippen LogP contribution is 2.35. The summed E-state index contributed by atoms with van der Waals surface area (Å²) in [5, 5.41) is 0. The average molecular weight is 380 g/mol.